The first-order valence-corrected chi connectivity index (χ1v) is 13.0. The van der Waals surface area contributed by atoms with Crippen LogP contribution in [0.2, 0.25) is 0 Å². The van der Waals surface area contributed by atoms with E-state index in [-0.39, 0.29) is 16.8 Å². The number of hydrogen-bond acceptors (Lipinski definition) is 8. The Morgan fingerprint density at radius 1 is 0.610 bits per heavy atom. The maximum Gasteiger partial charge on any atom is 0.338 e. The number of rotatable bonds is 9. The van der Waals surface area contributed by atoms with E-state index in [0.717, 1.165) is 4.90 Å². The summed E-state index contributed by atoms with van der Waals surface area (Å²) in [4.78, 5) is 78.3. The highest BCUT2D eigenvalue weighted by molar-refractivity contribution is 6.22. The van der Waals surface area contributed by atoms with Gasteiger partial charge in [0.2, 0.25) is 11.8 Å². The van der Waals surface area contributed by atoms with E-state index in [1.54, 1.807) is 60.7 Å². The molecule has 1 saturated heterocycles. The van der Waals surface area contributed by atoms with Gasteiger partial charge in [-0.05, 0) is 31.0 Å². The number of ether oxygens (including phenoxy) is 2. The zero-order valence-electron chi connectivity index (χ0n) is 21.9. The summed E-state index contributed by atoms with van der Waals surface area (Å²) in [5.74, 6) is -4.70. The SMILES string of the molecule is O=C(COC(=O)c1cc(C(=O)OCC(=O)c2ccccc2)cc(N2C(=O)[C@@H]3CC=CC[C@H]3C2=O)c1)c1ccccc1. The molecule has 1 heterocycles. The maximum atomic E-state index is 13.2. The number of imide groups is 1. The second-order valence-electron chi connectivity index (χ2n) is 9.67. The Hall–Kier alpha value is -5.18. The summed E-state index contributed by atoms with van der Waals surface area (Å²) in [6, 6.07) is 20.2. The third-order valence-electron chi connectivity index (χ3n) is 7.02. The van der Waals surface area contributed by atoms with Crippen LogP contribution in [0.4, 0.5) is 5.69 Å². The second-order valence-corrected chi connectivity index (χ2v) is 9.67. The summed E-state index contributed by atoms with van der Waals surface area (Å²) in [7, 11) is 0. The fourth-order valence-electron chi connectivity index (χ4n) is 4.87. The van der Waals surface area contributed by atoms with Gasteiger partial charge in [0.15, 0.2) is 24.8 Å². The number of anilines is 1. The zero-order valence-corrected chi connectivity index (χ0v) is 21.9. The average Bonchev–Trinajstić information content (AvgIpc) is 3.28. The Balaban J connectivity index is 1.40. The lowest BCUT2D eigenvalue weighted by molar-refractivity contribution is -0.122. The topological polar surface area (TPSA) is 124 Å². The molecule has 2 amide bonds. The van der Waals surface area contributed by atoms with Gasteiger partial charge in [-0.3, -0.25) is 19.2 Å². The average molecular weight is 552 g/mol. The van der Waals surface area contributed by atoms with Gasteiger partial charge in [0.05, 0.1) is 28.7 Å². The highest BCUT2D eigenvalue weighted by Crippen LogP contribution is 2.38. The molecule has 9 heteroatoms. The van der Waals surface area contributed by atoms with Crippen molar-refractivity contribution in [2.45, 2.75) is 12.8 Å². The first-order chi connectivity index (χ1) is 19.8. The van der Waals surface area contributed by atoms with Crippen molar-refractivity contribution < 1.29 is 38.2 Å². The molecule has 3 aromatic carbocycles. The molecular formula is C32H25NO8. The zero-order chi connectivity index (χ0) is 28.9. The number of amides is 2. The molecule has 206 valence electrons. The number of nitrogens with zero attached hydrogens (tertiary/aromatic N) is 1. The van der Waals surface area contributed by atoms with E-state index in [0.29, 0.717) is 24.0 Å². The third-order valence-corrected chi connectivity index (χ3v) is 7.02. The number of allylic oxidation sites excluding steroid dienone is 2. The molecule has 0 bridgehead atoms. The first-order valence-electron chi connectivity index (χ1n) is 13.0. The van der Waals surface area contributed by atoms with Gasteiger partial charge in [0.25, 0.3) is 0 Å². The molecule has 1 fully saturated rings. The van der Waals surface area contributed by atoms with Crippen molar-refractivity contribution in [3.8, 4) is 0 Å². The summed E-state index contributed by atoms with van der Waals surface area (Å²) in [5, 5.41) is 0. The number of carbonyl (C=O) groups is 6. The highest BCUT2D eigenvalue weighted by Gasteiger charge is 2.48. The predicted molar refractivity (Wildman–Crippen MR) is 146 cm³/mol. The predicted octanol–water partition coefficient (Wildman–Crippen LogP) is 4.22. The van der Waals surface area contributed by atoms with Crippen molar-refractivity contribution in [1.29, 1.82) is 0 Å². The van der Waals surface area contributed by atoms with Crippen LogP contribution in [0.25, 0.3) is 0 Å². The molecule has 0 radical (unpaired) electrons. The Morgan fingerprint density at radius 3 is 1.44 bits per heavy atom. The molecular weight excluding hydrogens is 526 g/mol. The van der Waals surface area contributed by atoms with E-state index in [4.69, 9.17) is 9.47 Å². The van der Waals surface area contributed by atoms with Gasteiger partial charge in [-0.15, -0.1) is 0 Å². The van der Waals surface area contributed by atoms with Crippen LogP contribution in [-0.4, -0.2) is 48.5 Å². The number of ketones is 2. The lowest BCUT2D eigenvalue weighted by Gasteiger charge is -2.17. The van der Waals surface area contributed by atoms with Crippen molar-refractivity contribution in [3.05, 3.63) is 113 Å². The van der Waals surface area contributed by atoms with Gasteiger partial charge < -0.3 is 9.47 Å². The smallest absolute Gasteiger partial charge is 0.338 e. The molecule has 2 atom stereocenters. The lowest BCUT2D eigenvalue weighted by Crippen LogP contribution is -2.31. The van der Waals surface area contributed by atoms with Crippen LogP contribution in [0.5, 0.6) is 0 Å². The Bertz CT molecular complexity index is 1450. The molecule has 41 heavy (non-hydrogen) atoms. The molecule has 0 N–H and O–H groups in total. The standard InChI is InChI=1S/C32H25NO8/c34-27(20-9-3-1-4-10-20)18-40-31(38)22-15-23(32(39)41-19-28(35)21-11-5-2-6-12-21)17-24(16-22)33-29(36)25-13-7-8-14-26(25)30(33)37/h1-12,15-17,25-26H,13-14,18-19H2/t25-,26-/m1/s1. The van der Waals surface area contributed by atoms with Crippen LogP contribution in [0, 0.1) is 11.8 Å². The number of carbonyl (C=O) groups excluding carboxylic acids is 6. The van der Waals surface area contributed by atoms with Crippen LogP contribution >= 0.6 is 0 Å². The van der Waals surface area contributed by atoms with Crippen LogP contribution in [0.1, 0.15) is 54.3 Å². The summed E-state index contributed by atoms with van der Waals surface area (Å²) in [6.07, 6.45) is 4.51. The second kappa shape index (κ2) is 11.9. The van der Waals surface area contributed by atoms with Gasteiger partial charge in [0, 0.05) is 11.1 Å². The molecule has 1 aliphatic carbocycles. The summed E-state index contributed by atoms with van der Waals surface area (Å²) in [6.45, 7) is -1.12. The Labute approximate surface area is 235 Å². The molecule has 0 aromatic heterocycles. The first kappa shape index (κ1) is 27.4. The minimum absolute atomic E-state index is 0.000396. The summed E-state index contributed by atoms with van der Waals surface area (Å²) >= 11 is 0. The van der Waals surface area contributed by atoms with Crippen molar-refractivity contribution >= 4 is 41.0 Å². The summed E-state index contributed by atoms with van der Waals surface area (Å²) in [5.41, 5.74) is 0.368. The van der Waals surface area contributed by atoms with Crippen molar-refractivity contribution in [2.24, 2.45) is 11.8 Å². The fraction of sp³-hybridized carbons (Fsp3) is 0.188. The molecule has 1 aliphatic heterocycles. The van der Waals surface area contributed by atoms with E-state index in [2.05, 4.69) is 0 Å². The molecule has 2 aliphatic rings. The Morgan fingerprint density at radius 2 is 1.02 bits per heavy atom. The quantitative estimate of drug-likeness (QED) is 0.168. The van der Waals surface area contributed by atoms with E-state index in [9.17, 15) is 28.8 Å². The molecule has 0 spiro atoms. The van der Waals surface area contributed by atoms with Gasteiger partial charge in [-0.1, -0.05) is 72.8 Å². The Kier molecular flexibility index (Phi) is 7.96. The lowest BCUT2D eigenvalue weighted by atomic mass is 9.85. The van der Waals surface area contributed by atoms with Crippen LogP contribution < -0.4 is 4.90 Å². The molecule has 0 saturated carbocycles. The molecule has 5 rings (SSSR count). The maximum absolute atomic E-state index is 13.2. The molecule has 9 nitrogen and oxygen atoms in total. The third kappa shape index (κ3) is 5.89. The van der Waals surface area contributed by atoms with Crippen molar-refractivity contribution in [2.75, 3.05) is 18.1 Å². The van der Waals surface area contributed by atoms with Crippen LogP contribution in [-0.2, 0) is 19.1 Å². The van der Waals surface area contributed by atoms with Gasteiger partial charge >= 0.3 is 11.9 Å². The van der Waals surface area contributed by atoms with E-state index < -0.39 is 60.4 Å². The van der Waals surface area contributed by atoms with E-state index in [1.807, 2.05) is 12.2 Å². The fourth-order valence-corrected chi connectivity index (χ4v) is 4.87. The number of benzene rings is 3. The molecule has 3 aromatic rings. The van der Waals surface area contributed by atoms with Crippen LogP contribution in [0.15, 0.2) is 91.0 Å². The molecule has 0 unspecified atom stereocenters. The highest BCUT2D eigenvalue weighted by atomic mass is 16.5. The number of fused-ring (bicyclic) bond motifs is 1. The van der Waals surface area contributed by atoms with E-state index in [1.165, 1.54) is 18.2 Å². The monoisotopic (exact) mass is 551 g/mol. The number of Topliss-reactive ketones (excluding diaryl/α,β-unsaturated/α-hetero) is 2. The van der Waals surface area contributed by atoms with Crippen molar-refractivity contribution in [1.82, 2.24) is 0 Å². The van der Waals surface area contributed by atoms with Crippen molar-refractivity contribution in [3.63, 3.8) is 0 Å². The number of hydrogen-bond donors (Lipinski definition) is 0. The van der Waals surface area contributed by atoms with Gasteiger partial charge in [0.1, 0.15) is 0 Å². The summed E-state index contributed by atoms with van der Waals surface area (Å²) < 4.78 is 10.4. The van der Waals surface area contributed by atoms with Gasteiger partial charge in [-0.25, -0.2) is 14.5 Å². The van der Waals surface area contributed by atoms with Crippen LogP contribution in [0.3, 0.4) is 0 Å². The normalized spacial score (nSPS) is 17.6. The minimum Gasteiger partial charge on any atom is -0.454 e. The largest absolute Gasteiger partial charge is 0.454 e. The van der Waals surface area contributed by atoms with E-state index >= 15 is 0 Å². The van der Waals surface area contributed by atoms with Gasteiger partial charge in [-0.2, -0.15) is 0 Å². The minimum atomic E-state index is -0.941. The number of esters is 2.